The van der Waals surface area contributed by atoms with Crippen molar-refractivity contribution in [1.82, 2.24) is 14.8 Å². The lowest BCUT2D eigenvalue weighted by atomic mass is 9.98. The van der Waals surface area contributed by atoms with Gasteiger partial charge in [0.1, 0.15) is 11.9 Å². The molecule has 6 heteroatoms. The third-order valence-electron chi connectivity index (χ3n) is 6.03. The van der Waals surface area contributed by atoms with Crippen molar-refractivity contribution < 1.29 is 9.53 Å². The van der Waals surface area contributed by atoms with Gasteiger partial charge < -0.3 is 9.64 Å². The quantitative estimate of drug-likeness (QED) is 0.747. The third-order valence-corrected chi connectivity index (χ3v) is 6.28. The van der Waals surface area contributed by atoms with E-state index in [2.05, 4.69) is 9.88 Å². The lowest BCUT2D eigenvalue weighted by molar-refractivity contribution is -0.132. The van der Waals surface area contributed by atoms with Gasteiger partial charge in [0.25, 0.3) is 0 Å². The van der Waals surface area contributed by atoms with Crippen LogP contribution in [0, 0.1) is 0 Å². The highest BCUT2D eigenvalue weighted by atomic mass is 35.5. The number of ether oxygens (including phenoxy) is 1. The van der Waals surface area contributed by atoms with Crippen LogP contribution in [0.5, 0.6) is 5.75 Å². The summed E-state index contributed by atoms with van der Waals surface area (Å²) in [5, 5.41) is 0.706. The van der Waals surface area contributed by atoms with Crippen molar-refractivity contribution in [2.45, 2.75) is 44.2 Å². The van der Waals surface area contributed by atoms with Gasteiger partial charge in [-0.2, -0.15) is 0 Å². The van der Waals surface area contributed by atoms with Gasteiger partial charge in [0.05, 0.1) is 6.42 Å². The minimum Gasteiger partial charge on any atom is -0.490 e. The van der Waals surface area contributed by atoms with E-state index in [-0.39, 0.29) is 12.0 Å². The normalized spacial score (nSPS) is 19.3. The molecule has 4 rings (SSSR count). The van der Waals surface area contributed by atoms with Crippen LogP contribution in [0.3, 0.4) is 0 Å². The number of hydrogen-bond acceptors (Lipinski definition) is 4. The lowest BCUT2D eigenvalue weighted by Crippen LogP contribution is -2.50. The Morgan fingerprint density at radius 1 is 0.966 bits per heavy atom. The van der Waals surface area contributed by atoms with Gasteiger partial charge >= 0.3 is 0 Å². The molecule has 2 aromatic rings. The Bertz CT molecular complexity index is 784. The number of likely N-dealkylation sites (tertiary alicyclic amines) is 2. The number of carbonyl (C=O) groups excluding carboxylic acids is 1. The van der Waals surface area contributed by atoms with Gasteiger partial charge in [-0.05, 0) is 55.5 Å². The van der Waals surface area contributed by atoms with Gasteiger partial charge in [-0.25, -0.2) is 0 Å². The summed E-state index contributed by atoms with van der Waals surface area (Å²) in [6.07, 6.45) is 8.51. The summed E-state index contributed by atoms with van der Waals surface area (Å²) in [6, 6.07) is 12.0. The van der Waals surface area contributed by atoms with Crippen LogP contribution in [0.15, 0.2) is 48.8 Å². The van der Waals surface area contributed by atoms with Crippen molar-refractivity contribution in [2.75, 3.05) is 26.2 Å². The summed E-state index contributed by atoms with van der Waals surface area (Å²) in [5.74, 6) is 1.13. The summed E-state index contributed by atoms with van der Waals surface area (Å²) in [7, 11) is 0. The average molecular weight is 414 g/mol. The molecule has 0 saturated carbocycles. The number of nitrogens with zero attached hydrogens (tertiary/aromatic N) is 3. The summed E-state index contributed by atoms with van der Waals surface area (Å²) in [5.41, 5.74) is 1.03. The third kappa shape index (κ3) is 5.49. The molecular formula is C23H28ClN3O2. The second kappa shape index (κ2) is 9.59. The maximum absolute atomic E-state index is 12.6. The molecular weight excluding hydrogens is 386 g/mol. The molecule has 0 spiro atoms. The molecule has 2 fully saturated rings. The summed E-state index contributed by atoms with van der Waals surface area (Å²) in [6.45, 7) is 3.84. The Balaban J connectivity index is 1.20. The van der Waals surface area contributed by atoms with Gasteiger partial charge in [0, 0.05) is 49.6 Å². The number of carbonyl (C=O) groups is 1. The van der Waals surface area contributed by atoms with Crippen LogP contribution in [-0.2, 0) is 11.2 Å². The van der Waals surface area contributed by atoms with E-state index in [9.17, 15) is 4.79 Å². The Kier molecular flexibility index (Phi) is 6.67. The minimum absolute atomic E-state index is 0.218. The zero-order valence-corrected chi connectivity index (χ0v) is 17.4. The van der Waals surface area contributed by atoms with Gasteiger partial charge in [-0.15, -0.1) is 0 Å². The number of rotatable bonds is 5. The molecule has 1 aromatic heterocycles. The number of benzene rings is 1. The predicted octanol–water partition coefficient (Wildman–Crippen LogP) is 3.81. The van der Waals surface area contributed by atoms with E-state index in [4.69, 9.17) is 16.3 Å². The molecule has 3 heterocycles. The highest BCUT2D eigenvalue weighted by molar-refractivity contribution is 6.30. The molecule has 2 aliphatic rings. The number of amides is 1. The molecule has 29 heavy (non-hydrogen) atoms. The summed E-state index contributed by atoms with van der Waals surface area (Å²) in [4.78, 5) is 21.3. The monoisotopic (exact) mass is 413 g/mol. The van der Waals surface area contributed by atoms with Crippen molar-refractivity contribution >= 4 is 17.5 Å². The number of aromatic nitrogens is 1. The Morgan fingerprint density at radius 3 is 2.28 bits per heavy atom. The standard InChI is InChI=1S/C23H28ClN3O2/c24-19-3-1-18(2-4-19)17-23(28)27-13-7-20(8-14-27)26-15-9-22(10-16-26)29-21-5-11-25-12-6-21/h1-6,11-12,20,22H,7-10,13-17H2. The van der Waals surface area contributed by atoms with Crippen molar-refractivity contribution in [3.05, 3.63) is 59.4 Å². The topological polar surface area (TPSA) is 45.7 Å². The summed E-state index contributed by atoms with van der Waals surface area (Å²) < 4.78 is 6.08. The largest absolute Gasteiger partial charge is 0.490 e. The molecule has 2 saturated heterocycles. The highest BCUT2D eigenvalue weighted by Crippen LogP contribution is 2.24. The van der Waals surface area contributed by atoms with Crippen LogP contribution >= 0.6 is 11.6 Å². The van der Waals surface area contributed by atoms with Crippen LogP contribution in [0.4, 0.5) is 0 Å². The molecule has 0 atom stereocenters. The van der Waals surface area contributed by atoms with E-state index in [1.165, 1.54) is 0 Å². The van der Waals surface area contributed by atoms with Crippen molar-refractivity contribution in [3.63, 3.8) is 0 Å². The van der Waals surface area contributed by atoms with Crippen LogP contribution < -0.4 is 4.74 Å². The zero-order valence-electron chi connectivity index (χ0n) is 16.7. The first-order valence-electron chi connectivity index (χ1n) is 10.5. The smallest absolute Gasteiger partial charge is 0.226 e. The van der Waals surface area contributed by atoms with E-state index >= 15 is 0 Å². The molecule has 0 N–H and O–H groups in total. The Hall–Kier alpha value is -2.11. The van der Waals surface area contributed by atoms with Gasteiger partial charge in [-0.3, -0.25) is 14.7 Å². The van der Waals surface area contributed by atoms with E-state index < -0.39 is 0 Å². The predicted molar refractivity (Wildman–Crippen MR) is 114 cm³/mol. The number of hydrogen-bond donors (Lipinski definition) is 0. The zero-order chi connectivity index (χ0) is 20.1. The first-order valence-corrected chi connectivity index (χ1v) is 10.9. The molecule has 0 aliphatic carbocycles. The molecule has 0 unspecified atom stereocenters. The molecule has 2 aliphatic heterocycles. The van der Waals surface area contributed by atoms with Crippen LogP contribution in [0.1, 0.15) is 31.2 Å². The first-order chi connectivity index (χ1) is 14.2. The Morgan fingerprint density at radius 2 is 1.62 bits per heavy atom. The number of halogens is 1. The van der Waals surface area contributed by atoms with E-state index in [1.807, 2.05) is 41.3 Å². The van der Waals surface area contributed by atoms with Crippen molar-refractivity contribution in [3.8, 4) is 5.75 Å². The molecule has 1 aromatic carbocycles. The van der Waals surface area contributed by atoms with Gasteiger partial charge in [0.15, 0.2) is 0 Å². The van der Waals surface area contributed by atoms with Crippen molar-refractivity contribution in [1.29, 1.82) is 0 Å². The van der Waals surface area contributed by atoms with Gasteiger partial charge in [-0.1, -0.05) is 23.7 Å². The fraction of sp³-hybridized carbons (Fsp3) is 0.478. The maximum atomic E-state index is 12.6. The second-order valence-electron chi connectivity index (χ2n) is 7.95. The second-order valence-corrected chi connectivity index (χ2v) is 8.39. The fourth-order valence-corrected chi connectivity index (χ4v) is 4.46. The number of piperidine rings is 2. The number of pyridine rings is 1. The lowest BCUT2D eigenvalue weighted by Gasteiger charge is -2.41. The summed E-state index contributed by atoms with van der Waals surface area (Å²) >= 11 is 5.93. The SMILES string of the molecule is O=C(Cc1ccc(Cl)cc1)N1CCC(N2CCC(Oc3ccncc3)CC2)CC1. The molecule has 5 nitrogen and oxygen atoms in total. The first kappa shape index (κ1) is 20.2. The molecule has 0 bridgehead atoms. The molecule has 154 valence electrons. The van der Waals surface area contributed by atoms with Crippen molar-refractivity contribution in [2.24, 2.45) is 0 Å². The van der Waals surface area contributed by atoms with E-state index in [0.29, 0.717) is 17.5 Å². The highest BCUT2D eigenvalue weighted by Gasteiger charge is 2.30. The van der Waals surface area contributed by atoms with E-state index in [1.54, 1.807) is 12.4 Å². The molecule has 0 radical (unpaired) electrons. The average Bonchev–Trinajstić information content (AvgIpc) is 2.77. The molecule has 1 amide bonds. The van der Waals surface area contributed by atoms with Gasteiger partial charge in [0.2, 0.25) is 5.91 Å². The van der Waals surface area contributed by atoms with Crippen LogP contribution in [0.25, 0.3) is 0 Å². The maximum Gasteiger partial charge on any atom is 0.226 e. The Labute approximate surface area is 177 Å². The van der Waals surface area contributed by atoms with E-state index in [0.717, 1.165) is 63.2 Å². The minimum atomic E-state index is 0.218. The van der Waals surface area contributed by atoms with Crippen LogP contribution in [-0.4, -0.2) is 59.0 Å². The fourth-order valence-electron chi connectivity index (χ4n) is 4.34. The van der Waals surface area contributed by atoms with Crippen LogP contribution in [0.2, 0.25) is 5.02 Å².